The zero-order valence-corrected chi connectivity index (χ0v) is 59.8. The molecule has 1 aliphatic carbocycles. The number of allylic oxidation sites excluding steroid dienone is 7. The van der Waals surface area contributed by atoms with Gasteiger partial charge in [0.05, 0.1) is 54.6 Å². The van der Waals surface area contributed by atoms with E-state index in [2.05, 4.69) is 72.9 Å². The van der Waals surface area contributed by atoms with Crippen LogP contribution in [-0.2, 0) is 90.2 Å². The second kappa shape index (κ2) is 32.4. The number of unbranched alkanes of at least 4 members (excludes halogenated alkanes) is 3. The number of aliphatic hydroxyl groups is 1. The maximum absolute atomic E-state index is 13.4. The normalized spacial score (nSPS) is 22.0. The van der Waals surface area contributed by atoms with Gasteiger partial charge in [-0.2, -0.15) is 39.3 Å². The van der Waals surface area contributed by atoms with Crippen molar-refractivity contribution < 1.29 is 120 Å². The van der Waals surface area contributed by atoms with E-state index in [1.54, 1.807) is 6.07 Å². The molecule has 42 heteroatoms. The fourth-order valence-electron chi connectivity index (χ4n) is 11.9. The summed E-state index contributed by atoms with van der Waals surface area (Å²) in [5, 5.41) is 29.6. The molecular weight excluding hydrogens is 1430 g/mol. The minimum atomic E-state index is -6.14. The first kappa shape index (κ1) is 78.5. The largest absolute Gasteiger partial charge is 0.490 e. The summed E-state index contributed by atoms with van der Waals surface area (Å²) in [4.78, 5) is 78.7. The Morgan fingerprint density at radius 1 is 0.857 bits per heavy atom. The lowest BCUT2D eigenvalue weighted by Crippen LogP contribution is -2.30. The fourth-order valence-corrected chi connectivity index (χ4v) is 18.3. The van der Waals surface area contributed by atoms with Gasteiger partial charge in [-0.25, -0.2) is 28.5 Å². The predicted molar refractivity (Wildman–Crippen MR) is 355 cm³/mol. The molecule has 0 bridgehead atoms. The maximum Gasteiger partial charge on any atom is 0.490 e. The number of nitrogens with zero attached hydrogens (tertiary/aromatic N) is 5. The highest BCUT2D eigenvalue weighted by molar-refractivity contribution is 7.94. The Labute approximate surface area is 568 Å². The topological polar surface area (TPSA) is 509 Å². The zero-order chi connectivity index (χ0) is 71.8. The number of phosphoric acid groups is 4. The van der Waals surface area contributed by atoms with Crippen LogP contribution < -0.4 is 26.8 Å². The third kappa shape index (κ3) is 21.2. The van der Waals surface area contributed by atoms with E-state index in [1.807, 2.05) is 73.9 Å². The number of aromatic nitrogens is 4. The Bertz CT molecular complexity index is 4290. The number of nitrogens with two attached hydrogens (primary N) is 1. The molecule has 5 unspecified atom stereocenters. The molecule has 8 rings (SSSR count). The number of fused-ring (bicyclic) bond motifs is 3. The van der Waals surface area contributed by atoms with E-state index >= 15 is 0 Å². The number of carbonyl (C=O) groups excluding carboxylic acids is 1. The number of hydrogen-bond donors (Lipinski definition) is 12. The Morgan fingerprint density at radius 3 is 2.24 bits per heavy atom. The molecule has 3 aliphatic heterocycles. The molecule has 0 saturated carbocycles. The molecule has 1 amide bonds. The van der Waals surface area contributed by atoms with Gasteiger partial charge in [0.2, 0.25) is 17.5 Å². The van der Waals surface area contributed by atoms with Gasteiger partial charge in [-0.1, -0.05) is 61.6 Å². The zero-order valence-electron chi connectivity index (χ0n) is 53.8. The SMILES string of the molecule is Cc1ccc2c(c1)C(C)(C)/C(=C/C=C1\CCCC(/C=C/C3=[N+](CCCS(=O)(=O)O)c4ccc(SOOO)cc4C3(C)C)=C1NCCC(=O)NCCCCCCOP(=O)(O)OP(=O)(O)OP(=O)(O)OP(=O)(O)OC[C@H]1O[C@@H](n3cnc4c(=O)[nH]c(N)nc43)CC1O)N2CCCS(=O)(=O)O. The third-order valence-corrected chi connectivity index (χ3v) is 24.5. The number of hydrogen-bond acceptors (Lipinski definition) is 26. The lowest BCUT2D eigenvalue weighted by atomic mass is 9.81. The van der Waals surface area contributed by atoms with E-state index < -0.39 is 111 Å². The summed E-state index contributed by atoms with van der Waals surface area (Å²) in [5.41, 5.74) is 12.5. The lowest BCUT2D eigenvalue weighted by molar-refractivity contribution is -0.437. The lowest BCUT2D eigenvalue weighted by Gasteiger charge is -2.28. The summed E-state index contributed by atoms with van der Waals surface area (Å²) in [6.07, 6.45) is 8.67. The number of amides is 1. The number of benzene rings is 2. The van der Waals surface area contributed by atoms with Crippen LogP contribution in [0.4, 0.5) is 17.3 Å². The Hall–Kier alpha value is -5.18. The molecule has 13 N–H and O–H groups in total. The van der Waals surface area contributed by atoms with Crippen LogP contribution in [0.15, 0.2) is 99.3 Å². The summed E-state index contributed by atoms with van der Waals surface area (Å²) >= 11 is 0.789. The molecule has 4 aliphatic rings. The van der Waals surface area contributed by atoms with Crippen molar-refractivity contribution in [2.24, 2.45) is 0 Å². The van der Waals surface area contributed by atoms with Crippen molar-refractivity contribution in [1.82, 2.24) is 30.2 Å². The van der Waals surface area contributed by atoms with Crippen LogP contribution in [0.1, 0.15) is 121 Å². The van der Waals surface area contributed by atoms with Crippen molar-refractivity contribution in [3.63, 3.8) is 0 Å². The van der Waals surface area contributed by atoms with Crippen LogP contribution in [0.25, 0.3) is 11.2 Å². The quantitative estimate of drug-likeness (QED) is 0.00399. The highest BCUT2D eigenvalue weighted by Crippen LogP contribution is 2.71. The van der Waals surface area contributed by atoms with E-state index in [-0.39, 0.29) is 74.8 Å². The number of nitrogens with one attached hydrogen (secondary N) is 3. The van der Waals surface area contributed by atoms with E-state index in [1.165, 1.54) is 4.57 Å². The summed E-state index contributed by atoms with van der Waals surface area (Å²) in [6, 6.07) is 11.6. The van der Waals surface area contributed by atoms with Crippen LogP contribution >= 0.6 is 43.3 Å². The standard InChI is InChI=1S/C56H79N9O26P4S3/c1-36-15-19-42-40(31-36)55(2,3)46(63(42)26-11-29-97(78,79)80)21-16-37-13-10-14-38(17-22-47-56(4,5)41-32-39(96-88-87-69)18-20-43(41)64(47)27-12-30-98(81,82)83)50(37)59-25-23-48(67)58-24-8-6-7-9-28-84-92(70,71)89-94(74,75)91-95(76,77)90-93(72,73)85-34-45-44(66)33-49(86-45)65-35-60-51-52(65)61-54(57)62-53(51)68/h15-22,31-32,35,44-45,49,66H,6-14,23-30,33-34H2,1-5H3,(H11,57,58,61,62,67,68,69,70,71,72,73,74,75,76,77,78,79,80,81,82,83)/p+1/b37-16+,46-21-/t44?,45-,49-/m1/s1. The first-order valence-corrected chi connectivity index (χ1v) is 40.6. The Balaban J connectivity index is 0.857. The molecular formula is C56H80N9O26P4S3+. The average molecular weight is 1520 g/mol. The predicted octanol–water partition coefficient (Wildman–Crippen LogP) is 7.46. The number of ether oxygens (including phenoxy) is 1. The maximum atomic E-state index is 13.4. The number of carbonyl (C=O) groups is 1. The summed E-state index contributed by atoms with van der Waals surface area (Å²) in [6.45, 7) is 9.59. The number of aliphatic hydroxyl groups excluding tert-OH is 1. The summed E-state index contributed by atoms with van der Waals surface area (Å²) in [5.74, 6) is -1.45. The van der Waals surface area contributed by atoms with Gasteiger partial charge in [0.15, 0.2) is 16.9 Å². The summed E-state index contributed by atoms with van der Waals surface area (Å²) in [7, 11) is -32.0. The van der Waals surface area contributed by atoms with E-state index in [9.17, 15) is 78.5 Å². The second-order valence-electron chi connectivity index (χ2n) is 24.4. The first-order valence-electron chi connectivity index (χ1n) is 30.6. The van der Waals surface area contributed by atoms with Crippen LogP contribution in [0.3, 0.4) is 0 Å². The number of aryl methyl sites for hydroxylation is 1. The van der Waals surface area contributed by atoms with Crippen LogP contribution in [0.5, 0.6) is 0 Å². The van der Waals surface area contributed by atoms with Gasteiger partial charge < -0.3 is 50.7 Å². The molecule has 35 nitrogen and oxygen atoms in total. The van der Waals surface area contributed by atoms with Crippen molar-refractivity contribution in [1.29, 1.82) is 0 Å². The van der Waals surface area contributed by atoms with E-state index in [0.717, 1.165) is 81.1 Å². The number of rotatable bonds is 36. The van der Waals surface area contributed by atoms with Crippen LogP contribution in [0, 0.1) is 6.92 Å². The molecule has 1 fully saturated rings. The van der Waals surface area contributed by atoms with Crippen molar-refractivity contribution in [2.75, 3.05) is 61.5 Å². The molecule has 7 atom stereocenters. The van der Waals surface area contributed by atoms with E-state index in [4.69, 9.17) is 24.6 Å². The van der Waals surface area contributed by atoms with Crippen LogP contribution in [-0.4, -0.2) is 155 Å². The highest BCUT2D eigenvalue weighted by atomic mass is 32.2. The third-order valence-electron chi connectivity index (χ3n) is 16.3. The average Bonchev–Trinajstić information content (AvgIpc) is 1.60. The number of nitrogen functional groups attached to an aromatic ring is 1. The minimum absolute atomic E-state index is 0.0219. The van der Waals surface area contributed by atoms with E-state index in [0.29, 0.717) is 43.5 Å². The number of anilines is 2. The van der Waals surface area contributed by atoms with Gasteiger partial charge in [0.1, 0.15) is 18.9 Å². The number of imidazole rings is 1. The second-order valence-corrected chi connectivity index (χ2v) is 34.5. The molecule has 1 saturated heterocycles. The van der Waals surface area contributed by atoms with Crippen molar-refractivity contribution in [3.8, 4) is 0 Å². The van der Waals surface area contributed by atoms with Gasteiger partial charge in [0, 0.05) is 84.0 Å². The van der Waals surface area contributed by atoms with Crippen molar-refractivity contribution >= 4 is 104 Å². The molecule has 5 heterocycles. The first-order chi connectivity index (χ1) is 45.8. The molecule has 0 spiro atoms. The van der Waals surface area contributed by atoms with Gasteiger partial charge in [-0.3, -0.25) is 37.3 Å². The number of H-pyrrole nitrogens is 1. The van der Waals surface area contributed by atoms with Crippen LogP contribution in [0.2, 0.25) is 0 Å². The molecule has 2 aromatic carbocycles. The van der Waals surface area contributed by atoms with Crippen molar-refractivity contribution in [3.05, 3.63) is 117 Å². The monoisotopic (exact) mass is 1510 g/mol. The molecule has 542 valence electrons. The van der Waals surface area contributed by atoms with Crippen molar-refractivity contribution in [2.45, 2.75) is 139 Å². The fraction of sp³-hybridized carbons (Fsp3) is 0.518. The molecule has 98 heavy (non-hydrogen) atoms. The Morgan fingerprint density at radius 2 is 1.54 bits per heavy atom. The van der Waals surface area contributed by atoms with Gasteiger partial charge in [-0.15, -0.1) is 4.33 Å². The Kier molecular flexibility index (Phi) is 26.0. The molecule has 2 aromatic heterocycles. The summed E-state index contributed by atoms with van der Waals surface area (Å²) < 4.78 is 152. The van der Waals surface area contributed by atoms with Gasteiger partial charge >= 0.3 is 31.3 Å². The van der Waals surface area contributed by atoms with Gasteiger partial charge in [0.25, 0.3) is 25.8 Å². The molecule has 0 radical (unpaired) electrons. The number of aromatic amines is 1. The molecule has 4 aromatic rings. The number of phosphoric ester groups is 2. The highest BCUT2D eigenvalue weighted by Gasteiger charge is 2.48. The smallest absolute Gasteiger partial charge is 0.390 e. The minimum Gasteiger partial charge on any atom is -0.390 e. The van der Waals surface area contributed by atoms with Gasteiger partial charge in [-0.05, 0) is 100 Å².